The molecule has 0 unspecified atom stereocenters. The average Bonchev–Trinajstić information content (AvgIpc) is 2.58. The Hall–Kier alpha value is -1.62. The molecule has 1 aromatic carbocycles. The number of nitrogens with one attached hydrogen (secondary N) is 1. The highest BCUT2D eigenvalue weighted by atomic mass is 32.1. The first-order valence-electron chi connectivity index (χ1n) is 4.74. The van der Waals surface area contributed by atoms with Crippen LogP contribution in [0.1, 0.15) is 5.69 Å². The topological polar surface area (TPSA) is 29.9 Å². The van der Waals surface area contributed by atoms with Gasteiger partial charge >= 0.3 is 0 Å². The molecule has 1 heterocycles. The maximum absolute atomic E-state index is 13.5. The Morgan fingerprint density at radius 2 is 2.19 bits per heavy atom. The number of methoxy groups -OCH3 is 1. The standard InChI is InChI=1S/C11H11FN2OS/c1-7-6-14(11(16)13-7)8-3-4-10(15-2)9(12)5-8/h3-6H,1-2H3,(H,13,16). The van der Waals surface area contributed by atoms with Gasteiger partial charge in [0.2, 0.25) is 0 Å². The first kappa shape index (κ1) is 10.9. The summed E-state index contributed by atoms with van der Waals surface area (Å²) in [5, 5.41) is 0. The molecule has 0 aliphatic rings. The number of H-pyrrole nitrogens is 1. The van der Waals surface area contributed by atoms with Gasteiger partial charge in [0.1, 0.15) is 0 Å². The number of ether oxygens (including phenoxy) is 1. The molecule has 0 saturated heterocycles. The van der Waals surface area contributed by atoms with Crippen LogP contribution in [-0.4, -0.2) is 16.7 Å². The second kappa shape index (κ2) is 4.09. The lowest BCUT2D eigenvalue weighted by atomic mass is 10.3. The van der Waals surface area contributed by atoms with Crippen molar-refractivity contribution in [3.8, 4) is 11.4 Å². The van der Waals surface area contributed by atoms with Crippen LogP contribution in [0.3, 0.4) is 0 Å². The van der Waals surface area contributed by atoms with Crippen molar-refractivity contribution in [2.45, 2.75) is 6.92 Å². The van der Waals surface area contributed by atoms with Crippen LogP contribution in [0.25, 0.3) is 5.69 Å². The number of hydrogen-bond donors (Lipinski definition) is 1. The van der Waals surface area contributed by atoms with Gasteiger partial charge in [-0.05, 0) is 31.3 Å². The van der Waals surface area contributed by atoms with E-state index in [-0.39, 0.29) is 5.75 Å². The van der Waals surface area contributed by atoms with Gasteiger partial charge in [-0.1, -0.05) is 0 Å². The van der Waals surface area contributed by atoms with Crippen LogP contribution in [0.5, 0.6) is 5.75 Å². The number of aromatic amines is 1. The summed E-state index contributed by atoms with van der Waals surface area (Å²) < 4.78 is 20.6. The molecule has 2 aromatic rings. The lowest BCUT2D eigenvalue weighted by molar-refractivity contribution is 0.386. The summed E-state index contributed by atoms with van der Waals surface area (Å²) in [5.74, 6) is -0.178. The predicted octanol–water partition coefficient (Wildman–Crippen LogP) is 2.99. The number of halogens is 1. The molecule has 1 aromatic heterocycles. The van der Waals surface area contributed by atoms with Gasteiger partial charge in [0.25, 0.3) is 0 Å². The van der Waals surface area contributed by atoms with E-state index in [2.05, 4.69) is 4.98 Å². The molecule has 0 radical (unpaired) electrons. The number of benzene rings is 1. The number of imidazole rings is 1. The van der Waals surface area contributed by atoms with Crippen molar-refractivity contribution in [3.05, 3.63) is 40.7 Å². The zero-order valence-electron chi connectivity index (χ0n) is 8.95. The van der Waals surface area contributed by atoms with E-state index in [9.17, 15) is 4.39 Å². The Labute approximate surface area is 97.5 Å². The van der Waals surface area contributed by atoms with Crippen molar-refractivity contribution >= 4 is 12.2 Å². The Balaban J connectivity index is 2.53. The zero-order valence-corrected chi connectivity index (χ0v) is 9.77. The summed E-state index contributed by atoms with van der Waals surface area (Å²) in [6.07, 6.45) is 1.82. The van der Waals surface area contributed by atoms with Crippen molar-refractivity contribution in [2.75, 3.05) is 7.11 Å². The molecule has 0 fully saturated rings. The highest BCUT2D eigenvalue weighted by Crippen LogP contribution is 2.20. The summed E-state index contributed by atoms with van der Waals surface area (Å²) in [5.41, 5.74) is 1.61. The maximum atomic E-state index is 13.5. The summed E-state index contributed by atoms with van der Waals surface area (Å²) in [6, 6.07) is 4.72. The fourth-order valence-corrected chi connectivity index (χ4v) is 1.83. The quantitative estimate of drug-likeness (QED) is 0.815. The van der Waals surface area contributed by atoms with Gasteiger partial charge in [-0.25, -0.2) is 4.39 Å². The molecule has 0 amide bonds. The van der Waals surface area contributed by atoms with E-state index < -0.39 is 5.82 Å². The molecule has 0 bridgehead atoms. The number of nitrogens with zero attached hydrogens (tertiary/aromatic N) is 1. The van der Waals surface area contributed by atoms with Gasteiger partial charge in [-0.2, -0.15) is 0 Å². The largest absolute Gasteiger partial charge is 0.494 e. The van der Waals surface area contributed by atoms with Gasteiger partial charge in [0.05, 0.1) is 12.8 Å². The molecule has 0 aliphatic carbocycles. The van der Waals surface area contributed by atoms with Gasteiger partial charge < -0.3 is 9.72 Å². The summed E-state index contributed by atoms with van der Waals surface area (Å²) in [6.45, 7) is 1.90. The highest BCUT2D eigenvalue weighted by Gasteiger charge is 2.05. The van der Waals surface area contributed by atoms with Crippen LogP contribution in [0.15, 0.2) is 24.4 Å². The molecular weight excluding hydrogens is 227 g/mol. The van der Waals surface area contributed by atoms with Gasteiger partial charge in [0.15, 0.2) is 16.3 Å². The van der Waals surface area contributed by atoms with Crippen LogP contribution in [-0.2, 0) is 0 Å². The third-order valence-corrected chi connectivity index (χ3v) is 2.56. The molecule has 0 aliphatic heterocycles. The second-order valence-corrected chi connectivity index (χ2v) is 3.82. The van der Waals surface area contributed by atoms with Crippen molar-refractivity contribution in [3.63, 3.8) is 0 Å². The van der Waals surface area contributed by atoms with Gasteiger partial charge in [-0.3, -0.25) is 4.57 Å². The van der Waals surface area contributed by atoms with Crippen LogP contribution < -0.4 is 4.74 Å². The summed E-state index contributed by atoms with van der Waals surface area (Å²) in [4.78, 5) is 2.98. The minimum Gasteiger partial charge on any atom is -0.494 e. The minimum absolute atomic E-state index is 0.225. The SMILES string of the molecule is COc1ccc(-n2cc(C)[nH]c2=S)cc1F. The molecule has 0 atom stereocenters. The third-order valence-electron chi connectivity index (χ3n) is 2.26. The Morgan fingerprint density at radius 3 is 2.69 bits per heavy atom. The lowest BCUT2D eigenvalue weighted by Crippen LogP contribution is -1.95. The molecular formula is C11H11FN2OS. The van der Waals surface area contributed by atoms with Crippen molar-refractivity contribution < 1.29 is 9.13 Å². The molecule has 0 saturated carbocycles. The Bertz CT molecular complexity index is 574. The lowest BCUT2D eigenvalue weighted by Gasteiger charge is -2.05. The van der Waals surface area contributed by atoms with E-state index in [1.807, 2.05) is 13.1 Å². The van der Waals surface area contributed by atoms with E-state index in [0.717, 1.165) is 5.69 Å². The second-order valence-electron chi connectivity index (χ2n) is 3.43. The first-order valence-corrected chi connectivity index (χ1v) is 5.15. The third kappa shape index (κ3) is 1.86. The Kier molecular flexibility index (Phi) is 2.78. The van der Waals surface area contributed by atoms with E-state index in [1.54, 1.807) is 16.7 Å². The number of aromatic nitrogens is 2. The smallest absolute Gasteiger partial charge is 0.181 e. The predicted molar refractivity (Wildman–Crippen MR) is 62.2 cm³/mol. The minimum atomic E-state index is -0.402. The molecule has 0 spiro atoms. The number of aryl methyl sites for hydroxylation is 1. The first-order chi connectivity index (χ1) is 7.61. The molecule has 84 valence electrons. The fourth-order valence-electron chi connectivity index (χ4n) is 1.51. The zero-order chi connectivity index (χ0) is 11.7. The normalized spacial score (nSPS) is 10.4. The number of hydrogen-bond acceptors (Lipinski definition) is 2. The monoisotopic (exact) mass is 238 g/mol. The van der Waals surface area contributed by atoms with Gasteiger partial charge in [0, 0.05) is 18.0 Å². The average molecular weight is 238 g/mol. The van der Waals surface area contributed by atoms with E-state index in [0.29, 0.717) is 10.5 Å². The van der Waals surface area contributed by atoms with Crippen molar-refractivity contribution in [1.29, 1.82) is 0 Å². The molecule has 3 nitrogen and oxygen atoms in total. The van der Waals surface area contributed by atoms with Crippen molar-refractivity contribution in [1.82, 2.24) is 9.55 Å². The molecule has 5 heteroatoms. The van der Waals surface area contributed by atoms with Crippen molar-refractivity contribution in [2.24, 2.45) is 0 Å². The van der Waals surface area contributed by atoms with E-state index in [1.165, 1.54) is 13.2 Å². The van der Waals surface area contributed by atoms with E-state index >= 15 is 0 Å². The fraction of sp³-hybridized carbons (Fsp3) is 0.182. The molecule has 16 heavy (non-hydrogen) atoms. The van der Waals surface area contributed by atoms with Crippen LogP contribution >= 0.6 is 12.2 Å². The Morgan fingerprint density at radius 1 is 1.44 bits per heavy atom. The van der Waals surface area contributed by atoms with E-state index in [4.69, 9.17) is 17.0 Å². The highest BCUT2D eigenvalue weighted by molar-refractivity contribution is 7.71. The van der Waals surface area contributed by atoms with Crippen LogP contribution in [0.2, 0.25) is 0 Å². The molecule has 1 N–H and O–H groups in total. The number of rotatable bonds is 2. The summed E-state index contributed by atoms with van der Waals surface area (Å²) >= 11 is 5.11. The maximum Gasteiger partial charge on any atom is 0.181 e. The van der Waals surface area contributed by atoms with Crippen LogP contribution in [0, 0.1) is 17.5 Å². The van der Waals surface area contributed by atoms with Crippen LogP contribution in [0.4, 0.5) is 4.39 Å². The summed E-state index contributed by atoms with van der Waals surface area (Å²) in [7, 11) is 1.43. The van der Waals surface area contributed by atoms with Gasteiger partial charge in [-0.15, -0.1) is 0 Å². The molecule has 2 rings (SSSR count).